The summed E-state index contributed by atoms with van der Waals surface area (Å²) in [5, 5.41) is 17.7. The van der Waals surface area contributed by atoms with Gasteiger partial charge in [0.25, 0.3) is 11.6 Å². The molecule has 2 N–H and O–H groups in total. The summed E-state index contributed by atoms with van der Waals surface area (Å²) in [5.41, 5.74) is 1.30. The molecule has 2 unspecified atom stereocenters. The number of aromatic nitrogens is 1. The summed E-state index contributed by atoms with van der Waals surface area (Å²) in [6.07, 6.45) is 2.73. The first kappa shape index (κ1) is 21.7. The Labute approximate surface area is 176 Å². The van der Waals surface area contributed by atoms with E-state index in [1.165, 1.54) is 6.07 Å². The highest BCUT2D eigenvalue weighted by atomic mass is 16.6. The fourth-order valence-corrected chi connectivity index (χ4v) is 3.72. The highest BCUT2D eigenvalue weighted by molar-refractivity contribution is 5.95. The topological polar surface area (TPSA) is 100 Å². The van der Waals surface area contributed by atoms with Crippen molar-refractivity contribution in [1.82, 2.24) is 15.2 Å². The van der Waals surface area contributed by atoms with Crippen LogP contribution in [-0.2, 0) is 0 Å². The van der Waals surface area contributed by atoms with Gasteiger partial charge in [0.1, 0.15) is 5.69 Å². The molecule has 0 radical (unpaired) electrons. The third-order valence-corrected chi connectivity index (χ3v) is 5.56. The van der Waals surface area contributed by atoms with Crippen LogP contribution >= 0.6 is 0 Å². The van der Waals surface area contributed by atoms with E-state index in [9.17, 15) is 14.9 Å². The van der Waals surface area contributed by atoms with E-state index >= 15 is 0 Å². The van der Waals surface area contributed by atoms with Crippen LogP contribution in [0.2, 0.25) is 0 Å². The zero-order valence-corrected chi connectivity index (χ0v) is 17.7. The van der Waals surface area contributed by atoms with Gasteiger partial charge in [-0.15, -0.1) is 0 Å². The van der Waals surface area contributed by atoms with Crippen molar-refractivity contribution in [3.63, 3.8) is 0 Å². The Morgan fingerprint density at radius 3 is 2.73 bits per heavy atom. The average Bonchev–Trinajstić information content (AvgIpc) is 3.22. The van der Waals surface area contributed by atoms with Crippen LogP contribution in [0.5, 0.6) is 0 Å². The van der Waals surface area contributed by atoms with Gasteiger partial charge < -0.3 is 15.5 Å². The van der Waals surface area contributed by atoms with Crippen molar-refractivity contribution in [3.8, 4) is 0 Å². The first-order valence-corrected chi connectivity index (χ1v) is 10.3. The van der Waals surface area contributed by atoms with Crippen molar-refractivity contribution >= 4 is 17.3 Å². The fraction of sp³-hybridized carbons (Fsp3) is 0.455. The van der Waals surface area contributed by atoms with Gasteiger partial charge in [-0.2, -0.15) is 0 Å². The molecule has 1 amide bonds. The van der Waals surface area contributed by atoms with Gasteiger partial charge >= 0.3 is 0 Å². The smallest absolute Gasteiger partial charge is 0.293 e. The summed E-state index contributed by atoms with van der Waals surface area (Å²) in [5.74, 6) is 0.122. The number of hydrogen-bond donors (Lipinski definition) is 2. The number of pyridine rings is 1. The van der Waals surface area contributed by atoms with Crippen molar-refractivity contribution in [3.05, 3.63) is 64.0 Å². The molecule has 160 valence electrons. The number of benzene rings is 1. The first-order valence-electron chi connectivity index (χ1n) is 10.3. The summed E-state index contributed by atoms with van der Waals surface area (Å²) in [4.78, 5) is 30.4. The Balaban J connectivity index is 1.65. The maximum Gasteiger partial charge on any atom is 0.293 e. The van der Waals surface area contributed by atoms with E-state index in [1.54, 1.807) is 18.3 Å². The minimum absolute atomic E-state index is 0.128. The van der Waals surface area contributed by atoms with Gasteiger partial charge in [0.2, 0.25) is 0 Å². The Morgan fingerprint density at radius 2 is 2.10 bits per heavy atom. The summed E-state index contributed by atoms with van der Waals surface area (Å²) >= 11 is 0. The van der Waals surface area contributed by atoms with E-state index in [0.29, 0.717) is 24.2 Å². The highest BCUT2D eigenvalue weighted by Crippen LogP contribution is 2.29. The number of nitro benzene ring substituents is 1. The van der Waals surface area contributed by atoms with Gasteiger partial charge in [0, 0.05) is 37.0 Å². The number of carbonyl (C=O) groups excluding carboxylic acids is 1. The molecule has 2 atom stereocenters. The van der Waals surface area contributed by atoms with Gasteiger partial charge in [-0.25, -0.2) is 0 Å². The number of nitro groups is 1. The van der Waals surface area contributed by atoms with E-state index in [-0.39, 0.29) is 23.2 Å². The molecule has 8 heteroatoms. The molecule has 8 nitrogen and oxygen atoms in total. The standard InChI is InChI=1S/C22H29N5O3/c1-15(2)26-11-9-17(14-26)13-24-22(28)18-7-8-20(21(12-18)27(29)30)25-16(3)19-6-4-5-10-23-19/h4-8,10,12,15-17,25H,9,11,13-14H2,1-3H3,(H,24,28). The van der Waals surface area contributed by atoms with E-state index < -0.39 is 4.92 Å². The van der Waals surface area contributed by atoms with Crippen molar-refractivity contribution in [2.24, 2.45) is 5.92 Å². The van der Waals surface area contributed by atoms with Crippen LogP contribution < -0.4 is 10.6 Å². The molecule has 1 aromatic heterocycles. The number of likely N-dealkylation sites (tertiary alicyclic amines) is 1. The number of hydrogen-bond acceptors (Lipinski definition) is 6. The monoisotopic (exact) mass is 411 g/mol. The lowest BCUT2D eigenvalue weighted by Gasteiger charge is -2.20. The molecule has 1 aliphatic rings. The molecule has 1 saturated heterocycles. The normalized spacial score (nSPS) is 17.7. The number of anilines is 1. The molecule has 1 fully saturated rings. The first-order chi connectivity index (χ1) is 14.3. The molecular formula is C22H29N5O3. The number of amides is 1. The average molecular weight is 412 g/mol. The molecule has 1 aliphatic heterocycles. The van der Waals surface area contributed by atoms with E-state index in [1.807, 2.05) is 25.1 Å². The van der Waals surface area contributed by atoms with Crippen molar-refractivity contribution < 1.29 is 9.72 Å². The molecule has 0 aliphatic carbocycles. The van der Waals surface area contributed by atoms with Gasteiger partial charge in [-0.05, 0) is 63.9 Å². The Kier molecular flexibility index (Phi) is 6.99. The second-order valence-electron chi connectivity index (χ2n) is 8.06. The summed E-state index contributed by atoms with van der Waals surface area (Å²) in [7, 11) is 0. The molecule has 0 bridgehead atoms. The van der Waals surface area contributed by atoms with Crippen molar-refractivity contribution in [2.75, 3.05) is 25.0 Å². The molecule has 0 saturated carbocycles. The SMILES string of the molecule is CC(Nc1ccc(C(=O)NCC2CCN(C(C)C)C2)cc1[N+](=O)[O-])c1ccccn1. The van der Waals surface area contributed by atoms with Gasteiger partial charge in [-0.3, -0.25) is 19.9 Å². The van der Waals surface area contributed by atoms with Gasteiger partial charge in [-0.1, -0.05) is 6.07 Å². The lowest BCUT2D eigenvalue weighted by molar-refractivity contribution is -0.384. The van der Waals surface area contributed by atoms with Crippen LogP contribution in [0, 0.1) is 16.0 Å². The minimum atomic E-state index is -0.470. The summed E-state index contributed by atoms with van der Waals surface area (Å²) in [6, 6.07) is 10.4. The molecule has 30 heavy (non-hydrogen) atoms. The zero-order chi connectivity index (χ0) is 21.7. The second-order valence-corrected chi connectivity index (χ2v) is 8.06. The quantitative estimate of drug-likeness (QED) is 0.508. The zero-order valence-electron chi connectivity index (χ0n) is 17.7. The van der Waals surface area contributed by atoms with Crippen molar-refractivity contribution in [2.45, 2.75) is 39.3 Å². The third-order valence-electron chi connectivity index (χ3n) is 5.56. The summed E-state index contributed by atoms with van der Waals surface area (Å²) in [6.45, 7) is 8.81. The number of nitrogens with zero attached hydrogens (tertiary/aromatic N) is 3. The molecule has 1 aromatic carbocycles. The van der Waals surface area contributed by atoms with Crippen LogP contribution in [-0.4, -0.2) is 46.4 Å². The van der Waals surface area contributed by atoms with Crippen LogP contribution in [0.3, 0.4) is 0 Å². The highest BCUT2D eigenvalue weighted by Gasteiger charge is 2.25. The number of nitrogens with one attached hydrogen (secondary N) is 2. The Morgan fingerprint density at radius 1 is 1.30 bits per heavy atom. The van der Waals surface area contributed by atoms with E-state index in [2.05, 4.69) is 34.4 Å². The second kappa shape index (κ2) is 9.67. The third kappa shape index (κ3) is 5.33. The summed E-state index contributed by atoms with van der Waals surface area (Å²) < 4.78 is 0. The maximum atomic E-state index is 12.6. The Hall–Kier alpha value is -3.00. The lowest BCUT2D eigenvalue weighted by atomic mass is 10.1. The largest absolute Gasteiger partial charge is 0.371 e. The predicted molar refractivity (Wildman–Crippen MR) is 117 cm³/mol. The molecular weight excluding hydrogens is 382 g/mol. The molecule has 2 aromatic rings. The molecule has 2 heterocycles. The van der Waals surface area contributed by atoms with Crippen molar-refractivity contribution in [1.29, 1.82) is 0 Å². The number of rotatable bonds is 8. The van der Waals surface area contributed by atoms with Crippen LogP contribution in [0.15, 0.2) is 42.6 Å². The number of carbonyl (C=O) groups is 1. The van der Waals surface area contributed by atoms with Crippen LogP contribution in [0.1, 0.15) is 49.3 Å². The van der Waals surface area contributed by atoms with Crippen LogP contribution in [0.4, 0.5) is 11.4 Å². The van der Waals surface area contributed by atoms with E-state index in [4.69, 9.17) is 0 Å². The Bertz CT molecular complexity index is 888. The molecule has 0 spiro atoms. The maximum absolute atomic E-state index is 12.6. The van der Waals surface area contributed by atoms with Gasteiger partial charge in [0.15, 0.2) is 0 Å². The van der Waals surface area contributed by atoms with E-state index in [0.717, 1.165) is 25.2 Å². The minimum Gasteiger partial charge on any atom is -0.371 e. The van der Waals surface area contributed by atoms with Crippen LogP contribution in [0.25, 0.3) is 0 Å². The predicted octanol–water partition coefficient (Wildman–Crippen LogP) is 3.62. The molecule has 3 rings (SSSR count). The fourth-order valence-electron chi connectivity index (χ4n) is 3.72. The lowest BCUT2D eigenvalue weighted by Crippen LogP contribution is -2.33. The van der Waals surface area contributed by atoms with Gasteiger partial charge in [0.05, 0.1) is 16.7 Å².